The zero-order chi connectivity index (χ0) is 13.4. The molecule has 2 bridgehead atoms. The number of amides is 1. The Labute approximate surface area is 126 Å². The van der Waals surface area contributed by atoms with Crippen molar-refractivity contribution in [2.75, 3.05) is 7.05 Å². The molecule has 1 aromatic rings. The molecule has 1 aromatic heterocycles. The van der Waals surface area contributed by atoms with Crippen LogP contribution in [0.2, 0.25) is 0 Å². The highest BCUT2D eigenvalue weighted by atomic mass is 79.9. The standard InChI is InChI=1S/C14H19BrN2OS/c1-17-11-3-2-4-12(17)7-10(6-11)16-14(18)9-5-13(15)19-8-9/h5,8,10-12H,2-4,6-7H2,1H3,(H,16,18). The van der Waals surface area contributed by atoms with Gasteiger partial charge in [-0.25, -0.2) is 0 Å². The van der Waals surface area contributed by atoms with E-state index in [-0.39, 0.29) is 5.91 Å². The van der Waals surface area contributed by atoms with Crippen molar-refractivity contribution in [2.24, 2.45) is 0 Å². The Morgan fingerprint density at radius 2 is 2.11 bits per heavy atom. The molecule has 2 atom stereocenters. The molecule has 1 N–H and O–H groups in total. The molecule has 2 aliphatic heterocycles. The van der Waals surface area contributed by atoms with Gasteiger partial charge >= 0.3 is 0 Å². The second-order valence-corrected chi connectivity index (χ2v) is 7.98. The Kier molecular flexibility index (Phi) is 3.96. The van der Waals surface area contributed by atoms with Crippen LogP contribution in [-0.4, -0.2) is 36.0 Å². The highest BCUT2D eigenvalue weighted by Gasteiger charge is 2.36. The first-order chi connectivity index (χ1) is 9.13. The maximum absolute atomic E-state index is 12.2. The molecule has 0 radical (unpaired) electrons. The molecule has 2 fully saturated rings. The first kappa shape index (κ1) is 13.6. The van der Waals surface area contributed by atoms with Gasteiger partial charge in [0.05, 0.1) is 9.35 Å². The summed E-state index contributed by atoms with van der Waals surface area (Å²) in [6.45, 7) is 0. The van der Waals surface area contributed by atoms with Crippen molar-refractivity contribution in [3.8, 4) is 0 Å². The Balaban J connectivity index is 1.63. The van der Waals surface area contributed by atoms with Gasteiger partial charge in [-0.05, 0) is 54.7 Å². The van der Waals surface area contributed by atoms with E-state index >= 15 is 0 Å². The van der Waals surface area contributed by atoms with Gasteiger partial charge < -0.3 is 10.2 Å². The summed E-state index contributed by atoms with van der Waals surface area (Å²) in [4.78, 5) is 14.7. The SMILES string of the molecule is CN1C2CCCC1CC(NC(=O)c1csc(Br)c1)C2. The van der Waals surface area contributed by atoms with Crippen LogP contribution in [-0.2, 0) is 0 Å². The van der Waals surface area contributed by atoms with Gasteiger partial charge in [0.25, 0.3) is 5.91 Å². The number of hydrogen-bond donors (Lipinski definition) is 1. The molecule has 104 valence electrons. The largest absolute Gasteiger partial charge is 0.349 e. The third kappa shape index (κ3) is 2.88. The minimum absolute atomic E-state index is 0.0783. The number of halogens is 1. The van der Waals surface area contributed by atoms with E-state index in [0.29, 0.717) is 18.1 Å². The molecule has 2 aliphatic rings. The predicted octanol–water partition coefficient (Wildman–Crippen LogP) is 3.26. The van der Waals surface area contributed by atoms with Gasteiger partial charge in [0.15, 0.2) is 0 Å². The lowest BCUT2D eigenvalue weighted by Crippen LogP contribution is -2.55. The number of nitrogens with one attached hydrogen (secondary N) is 1. The number of thiophene rings is 1. The first-order valence-corrected chi connectivity index (χ1v) is 8.57. The number of rotatable bonds is 2. The van der Waals surface area contributed by atoms with Crippen LogP contribution in [0.5, 0.6) is 0 Å². The van der Waals surface area contributed by atoms with Crippen molar-refractivity contribution in [1.29, 1.82) is 0 Å². The van der Waals surface area contributed by atoms with E-state index in [9.17, 15) is 4.79 Å². The Morgan fingerprint density at radius 1 is 1.42 bits per heavy atom. The maximum Gasteiger partial charge on any atom is 0.252 e. The van der Waals surface area contributed by atoms with Gasteiger partial charge in [-0.15, -0.1) is 11.3 Å². The van der Waals surface area contributed by atoms with Crippen molar-refractivity contribution in [2.45, 2.75) is 50.2 Å². The second-order valence-electron chi connectivity index (χ2n) is 5.69. The van der Waals surface area contributed by atoms with E-state index < -0.39 is 0 Å². The fourth-order valence-electron chi connectivity index (χ4n) is 3.43. The van der Waals surface area contributed by atoms with Crippen molar-refractivity contribution >= 4 is 33.2 Å². The number of nitrogens with zero attached hydrogens (tertiary/aromatic N) is 1. The summed E-state index contributed by atoms with van der Waals surface area (Å²) < 4.78 is 1.01. The third-order valence-corrected chi connectivity index (χ3v) is 6.01. The molecule has 2 saturated heterocycles. The molecule has 3 rings (SSSR count). The Hall–Kier alpha value is -0.390. The molecule has 0 aromatic carbocycles. The maximum atomic E-state index is 12.2. The van der Waals surface area contributed by atoms with E-state index in [2.05, 4.69) is 33.2 Å². The Morgan fingerprint density at radius 3 is 2.68 bits per heavy atom. The van der Waals surface area contributed by atoms with Crippen molar-refractivity contribution in [1.82, 2.24) is 10.2 Å². The quantitative estimate of drug-likeness (QED) is 0.894. The van der Waals surface area contributed by atoms with Gasteiger partial charge in [0, 0.05) is 23.5 Å². The van der Waals surface area contributed by atoms with Gasteiger partial charge in [0.1, 0.15) is 0 Å². The smallest absolute Gasteiger partial charge is 0.252 e. The highest BCUT2D eigenvalue weighted by molar-refractivity contribution is 9.11. The molecule has 3 heterocycles. The lowest BCUT2D eigenvalue weighted by atomic mass is 9.82. The fourth-order valence-corrected chi connectivity index (χ4v) is 4.57. The average molecular weight is 343 g/mol. The summed E-state index contributed by atoms with van der Waals surface area (Å²) in [5.41, 5.74) is 0.779. The number of fused-ring (bicyclic) bond motifs is 2. The van der Waals surface area contributed by atoms with Crippen LogP contribution in [0.1, 0.15) is 42.5 Å². The molecule has 2 unspecified atom stereocenters. The number of hydrogen-bond acceptors (Lipinski definition) is 3. The summed E-state index contributed by atoms with van der Waals surface area (Å²) in [7, 11) is 2.24. The average Bonchev–Trinajstić information content (AvgIpc) is 2.77. The minimum Gasteiger partial charge on any atom is -0.349 e. The fraction of sp³-hybridized carbons (Fsp3) is 0.643. The summed E-state index contributed by atoms with van der Waals surface area (Å²) in [6, 6.07) is 3.56. The van der Waals surface area contributed by atoms with Crippen LogP contribution in [0.25, 0.3) is 0 Å². The van der Waals surface area contributed by atoms with Crippen LogP contribution >= 0.6 is 27.3 Å². The lowest BCUT2D eigenvalue weighted by Gasteiger charge is -2.47. The van der Waals surface area contributed by atoms with Gasteiger partial charge in [-0.2, -0.15) is 0 Å². The first-order valence-electron chi connectivity index (χ1n) is 6.90. The van der Waals surface area contributed by atoms with E-state index in [1.165, 1.54) is 19.3 Å². The predicted molar refractivity (Wildman–Crippen MR) is 81.7 cm³/mol. The van der Waals surface area contributed by atoms with E-state index in [4.69, 9.17) is 0 Å². The van der Waals surface area contributed by atoms with Crippen molar-refractivity contribution in [3.63, 3.8) is 0 Å². The third-order valence-electron chi connectivity index (χ3n) is 4.50. The molecule has 0 aliphatic carbocycles. The molecule has 0 saturated carbocycles. The minimum atomic E-state index is 0.0783. The summed E-state index contributed by atoms with van der Waals surface area (Å²) >= 11 is 4.96. The second kappa shape index (κ2) is 5.54. The van der Waals surface area contributed by atoms with E-state index in [1.54, 1.807) is 11.3 Å². The zero-order valence-corrected chi connectivity index (χ0v) is 13.5. The van der Waals surface area contributed by atoms with Crippen LogP contribution in [0.3, 0.4) is 0 Å². The summed E-state index contributed by atoms with van der Waals surface area (Å²) in [6.07, 6.45) is 6.11. The van der Waals surface area contributed by atoms with E-state index in [1.807, 2.05) is 11.4 Å². The van der Waals surface area contributed by atoms with Crippen molar-refractivity contribution in [3.05, 3.63) is 20.8 Å². The molecule has 0 spiro atoms. The Bertz CT molecular complexity index is 462. The van der Waals surface area contributed by atoms with Crippen LogP contribution < -0.4 is 5.32 Å². The molecule has 19 heavy (non-hydrogen) atoms. The highest BCUT2D eigenvalue weighted by Crippen LogP contribution is 2.32. The monoisotopic (exact) mass is 342 g/mol. The molecule has 3 nitrogen and oxygen atoms in total. The number of piperidine rings is 2. The van der Waals surface area contributed by atoms with Crippen LogP contribution in [0.15, 0.2) is 15.2 Å². The lowest BCUT2D eigenvalue weighted by molar-refractivity contribution is 0.0463. The van der Waals surface area contributed by atoms with Crippen LogP contribution in [0.4, 0.5) is 0 Å². The van der Waals surface area contributed by atoms with E-state index in [0.717, 1.165) is 22.2 Å². The normalized spacial score (nSPS) is 31.2. The molecular weight excluding hydrogens is 324 g/mol. The molecule has 5 heteroatoms. The van der Waals surface area contributed by atoms with Crippen molar-refractivity contribution < 1.29 is 4.79 Å². The topological polar surface area (TPSA) is 32.3 Å². The van der Waals surface area contributed by atoms with Gasteiger partial charge in [-0.1, -0.05) is 6.42 Å². The van der Waals surface area contributed by atoms with Gasteiger partial charge in [0.2, 0.25) is 0 Å². The molecule has 1 amide bonds. The number of carbonyl (C=O) groups is 1. The zero-order valence-electron chi connectivity index (χ0n) is 11.1. The molecular formula is C14H19BrN2OS. The van der Waals surface area contributed by atoms with Gasteiger partial charge in [-0.3, -0.25) is 4.79 Å². The summed E-state index contributed by atoms with van der Waals surface area (Å²) in [5, 5.41) is 5.13. The number of carbonyl (C=O) groups excluding carboxylic acids is 1. The summed E-state index contributed by atoms with van der Waals surface area (Å²) in [5.74, 6) is 0.0783. The van der Waals surface area contributed by atoms with Crippen LogP contribution in [0, 0.1) is 0 Å².